The van der Waals surface area contributed by atoms with Crippen molar-refractivity contribution in [1.82, 2.24) is 10.6 Å². The van der Waals surface area contributed by atoms with Crippen LogP contribution in [0.1, 0.15) is 29.5 Å². The van der Waals surface area contributed by atoms with Gasteiger partial charge in [-0.1, -0.05) is 6.07 Å². The monoisotopic (exact) mass is 310 g/mol. The van der Waals surface area contributed by atoms with E-state index >= 15 is 0 Å². The van der Waals surface area contributed by atoms with Crippen LogP contribution in [-0.4, -0.2) is 31.1 Å². The number of benzene rings is 1. The van der Waals surface area contributed by atoms with E-state index in [1.165, 1.54) is 11.1 Å². The average molecular weight is 311 g/mol. The number of halogens is 1. The number of hydrogen-bond acceptors (Lipinski definition) is 3. The molecule has 0 aromatic heterocycles. The summed E-state index contributed by atoms with van der Waals surface area (Å²) >= 11 is 0. The number of fused-ring (bicyclic) bond motifs is 1. The smallest absolute Gasteiger partial charge is 0.261 e. The molecule has 0 radical (unpaired) electrons. The van der Waals surface area contributed by atoms with Crippen molar-refractivity contribution in [1.29, 1.82) is 0 Å². The standard InChI is InChI=1S/C16H22N2O2.ClH/c1-10-6-12-8-15(20-14(12)7-11(10)2)16(19)18-13-4-3-5-17-9-13;/h6-7,13,15,17H,3-5,8-9H2,1-2H3,(H,18,19);1H/t13-,15?;/m0./s1. The SMILES string of the molecule is Cc1cc2c(cc1C)OC(C(=O)N[C@H]1CCCNC1)C2.Cl. The van der Waals surface area contributed by atoms with E-state index in [0.717, 1.165) is 37.2 Å². The largest absolute Gasteiger partial charge is 0.480 e. The second-order valence-electron chi connectivity index (χ2n) is 5.91. The predicted molar refractivity (Wildman–Crippen MR) is 85.3 cm³/mol. The maximum Gasteiger partial charge on any atom is 0.261 e. The first-order valence-corrected chi connectivity index (χ1v) is 7.41. The van der Waals surface area contributed by atoms with Gasteiger partial charge in [-0.15, -0.1) is 12.4 Å². The van der Waals surface area contributed by atoms with Crippen LogP contribution in [0.15, 0.2) is 12.1 Å². The van der Waals surface area contributed by atoms with Crippen LogP contribution in [-0.2, 0) is 11.2 Å². The molecule has 3 rings (SSSR count). The molecule has 0 bridgehead atoms. The molecule has 116 valence electrons. The van der Waals surface area contributed by atoms with E-state index in [1.807, 2.05) is 6.07 Å². The summed E-state index contributed by atoms with van der Waals surface area (Å²) in [5, 5.41) is 6.41. The molecular formula is C16H23ClN2O2. The number of ether oxygens (including phenoxy) is 1. The zero-order chi connectivity index (χ0) is 14.1. The third-order valence-electron chi connectivity index (χ3n) is 4.29. The Kier molecular flexibility index (Phi) is 5.12. The number of rotatable bonds is 2. The summed E-state index contributed by atoms with van der Waals surface area (Å²) in [5.74, 6) is 0.889. The number of piperidine rings is 1. The van der Waals surface area contributed by atoms with Gasteiger partial charge < -0.3 is 15.4 Å². The molecule has 1 aromatic carbocycles. The Morgan fingerprint density at radius 2 is 2.10 bits per heavy atom. The van der Waals surface area contributed by atoms with Crippen molar-refractivity contribution >= 4 is 18.3 Å². The Morgan fingerprint density at radius 1 is 1.33 bits per heavy atom. The Hall–Kier alpha value is -1.26. The number of carbonyl (C=O) groups excluding carboxylic acids is 1. The predicted octanol–water partition coefficient (Wildman–Crippen LogP) is 1.90. The van der Waals surface area contributed by atoms with Gasteiger partial charge in [0, 0.05) is 19.0 Å². The van der Waals surface area contributed by atoms with E-state index < -0.39 is 0 Å². The lowest BCUT2D eigenvalue weighted by molar-refractivity contribution is -0.128. The number of nitrogens with one attached hydrogen (secondary N) is 2. The quantitative estimate of drug-likeness (QED) is 0.877. The summed E-state index contributed by atoms with van der Waals surface area (Å²) in [4.78, 5) is 12.3. The highest BCUT2D eigenvalue weighted by Crippen LogP contribution is 2.31. The number of aryl methyl sites for hydroxylation is 2. The molecule has 21 heavy (non-hydrogen) atoms. The maximum atomic E-state index is 12.3. The zero-order valence-corrected chi connectivity index (χ0v) is 13.4. The van der Waals surface area contributed by atoms with E-state index in [2.05, 4.69) is 30.5 Å². The summed E-state index contributed by atoms with van der Waals surface area (Å²) in [6.45, 7) is 6.08. The van der Waals surface area contributed by atoms with Gasteiger partial charge >= 0.3 is 0 Å². The van der Waals surface area contributed by atoms with Crippen molar-refractivity contribution in [2.24, 2.45) is 0 Å². The van der Waals surface area contributed by atoms with Crippen molar-refractivity contribution < 1.29 is 9.53 Å². The van der Waals surface area contributed by atoms with Crippen LogP contribution >= 0.6 is 12.4 Å². The fourth-order valence-electron chi connectivity index (χ4n) is 2.93. The molecule has 2 aliphatic heterocycles. The molecule has 1 amide bonds. The van der Waals surface area contributed by atoms with Crippen molar-refractivity contribution in [3.8, 4) is 5.75 Å². The first-order valence-electron chi connectivity index (χ1n) is 7.41. The highest BCUT2D eigenvalue weighted by atomic mass is 35.5. The molecule has 1 fully saturated rings. The number of carbonyl (C=O) groups is 1. The summed E-state index contributed by atoms with van der Waals surface area (Å²) in [6, 6.07) is 4.42. The molecule has 0 aliphatic carbocycles. The molecule has 2 heterocycles. The summed E-state index contributed by atoms with van der Waals surface area (Å²) in [7, 11) is 0. The Balaban J connectivity index is 0.00000161. The van der Waals surface area contributed by atoms with Crippen molar-refractivity contribution in [3.63, 3.8) is 0 Å². The van der Waals surface area contributed by atoms with Gasteiger partial charge in [0.15, 0.2) is 6.10 Å². The minimum Gasteiger partial charge on any atom is -0.480 e. The van der Waals surface area contributed by atoms with E-state index in [0.29, 0.717) is 6.42 Å². The molecule has 1 unspecified atom stereocenters. The lowest BCUT2D eigenvalue weighted by Crippen LogP contribution is -2.49. The van der Waals surface area contributed by atoms with Crippen molar-refractivity contribution in [2.75, 3.05) is 13.1 Å². The van der Waals surface area contributed by atoms with E-state index in [9.17, 15) is 4.79 Å². The second-order valence-corrected chi connectivity index (χ2v) is 5.91. The minimum absolute atomic E-state index is 0. The van der Waals surface area contributed by atoms with Crippen LogP contribution in [0.2, 0.25) is 0 Å². The van der Waals surface area contributed by atoms with Gasteiger partial charge in [-0.3, -0.25) is 4.79 Å². The van der Waals surface area contributed by atoms with Gasteiger partial charge in [-0.25, -0.2) is 0 Å². The molecule has 2 atom stereocenters. The van der Waals surface area contributed by atoms with Gasteiger partial charge in [0.25, 0.3) is 5.91 Å². The Morgan fingerprint density at radius 3 is 2.81 bits per heavy atom. The molecule has 0 saturated carbocycles. The summed E-state index contributed by atoms with van der Waals surface area (Å²) < 4.78 is 5.81. The van der Waals surface area contributed by atoms with E-state index in [1.54, 1.807) is 0 Å². The van der Waals surface area contributed by atoms with Gasteiger partial charge in [0.05, 0.1) is 0 Å². The van der Waals surface area contributed by atoms with Crippen LogP contribution in [0.5, 0.6) is 5.75 Å². The van der Waals surface area contributed by atoms with E-state index in [-0.39, 0.29) is 30.5 Å². The van der Waals surface area contributed by atoms with Gasteiger partial charge in [-0.05, 0) is 56.0 Å². The summed E-state index contributed by atoms with van der Waals surface area (Å²) in [5.41, 5.74) is 3.61. The molecule has 2 aliphatic rings. The second kappa shape index (κ2) is 6.67. The topological polar surface area (TPSA) is 50.4 Å². The fourth-order valence-corrected chi connectivity index (χ4v) is 2.93. The van der Waals surface area contributed by atoms with Crippen LogP contribution < -0.4 is 15.4 Å². The molecule has 1 saturated heterocycles. The molecule has 5 heteroatoms. The number of amides is 1. The third kappa shape index (κ3) is 3.50. The normalized spacial score (nSPS) is 23.7. The van der Waals surface area contributed by atoms with Gasteiger partial charge in [0.1, 0.15) is 5.75 Å². The first-order chi connectivity index (χ1) is 9.63. The Bertz CT molecular complexity index is 496. The van der Waals surface area contributed by atoms with Crippen molar-refractivity contribution in [2.45, 2.75) is 45.3 Å². The molecule has 0 spiro atoms. The molecule has 4 nitrogen and oxygen atoms in total. The minimum atomic E-state index is -0.367. The van der Waals surface area contributed by atoms with Crippen LogP contribution in [0.4, 0.5) is 0 Å². The van der Waals surface area contributed by atoms with Crippen LogP contribution in [0.25, 0.3) is 0 Å². The van der Waals surface area contributed by atoms with Gasteiger partial charge in [0.2, 0.25) is 0 Å². The van der Waals surface area contributed by atoms with Crippen molar-refractivity contribution in [3.05, 3.63) is 28.8 Å². The van der Waals surface area contributed by atoms with Gasteiger partial charge in [-0.2, -0.15) is 0 Å². The first kappa shape index (κ1) is 16.1. The highest BCUT2D eigenvalue weighted by Gasteiger charge is 2.30. The average Bonchev–Trinajstić information content (AvgIpc) is 2.83. The molecule has 2 N–H and O–H groups in total. The zero-order valence-electron chi connectivity index (χ0n) is 12.6. The lowest BCUT2D eigenvalue weighted by atomic mass is 10.0. The third-order valence-corrected chi connectivity index (χ3v) is 4.29. The maximum absolute atomic E-state index is 12.3. The summed E-state index contributed by atoms with van der Waals surface area (Å²) in [6.07, 6.45) is 2.49. The van der Waals surface area contributed by atoms with Crippen LogP contribution in [0, 0.1) is 13.8 Å². The number of hydrogen-bond donors (Lipinski definition) is 2. The lowest BCUT2D eigenvalue weighted by Gasteiger charge is -2.25. The molecule has 1 aromatic rings. The van der Waals surface area contributed by atoms with E-state index in [4.69, 9.17) is 4.74 Å². The van der Waals surface area contributed by atoms with Crippen LogP contribution in [0.3, 0.4) is 0 Å². The fraction of sp³-hybridized carbons (Fsp3) is 0.562. The Labute approximate surface area is 132 Å². The highest BCUT2D eigenvalue weighted by molar-refractivity contribution is 5.85. The molecular weight excluding hydrogens is 288 g/mol.